The minimum Gasteiger partial charge on any atom is -0.352 e. The van der Waals surface area contributed by atoms with Crippen LogP contribution in [0.1, 0.15) is 36.5 Å². The molecule has 9 heteroatoms. The van der Waals surface area contributed by atoms with Gasteiger partial charge >= 0.3 is 0 Å². The summed E-state index contributed by atoms with van der Waals surface area (Å²) in [5.41, 5.74) is 0.551. The molecule has 1 aliphatic heterocycles. The molecule has 2 N–H and O–H groups in total. The maximum absolute atomic E-state index is 12.2. The zero-order chi connectivity index (χ0) is 19.9. The number of hydrogen-bond acceptors (Lipinski definition) is 8. The van der Waals surface area contributed by atoms with Crippen LogP contribution in [0.3, 0.4) is 0 Å². The summed E-state index contributed by atoms with van der Waals surface area (Å²) in [6.45, 7) is 8.40. The summed E-state index contributed by atoms with van der Waals surface area (Å²) in [6.07, 6.45) is 3.21. The second-order valence-electron chi connectivity index (χ2n) is 6.83. The van der Waals surface area contributed by atoms with E-state index in [4.69, 9.17) is 0 Å². The molecule has 3 heterocycles. The Hall–Kier alpha value is -2.81. The van der Waals surface area contributed by atoms with E-state index in [-0.39, 0.29) is 5.91 Å². The van der Waals surface area contributed by atoms with Crippen molar-refractivity contribution in [1.82, 2.24) is 30.2 Å². The third-order valence-electron chi connectivity index (χ3n) is 4.57. The van der Waals surface area contributed by atoms with Crippen LogP contribution in [0.4, 0.5) is 17.7 Å². The number of carbonyl (C=O) groups is 1. The summed E-state index contributed by atoms with van der Waals surface area (Å²) in [6, 6.07) is 3.40. The van der Waals surface area contributed by atoms with E-state index in [1.165, 1.54) is 0 Å². The molecule has 1 aliphatic rings. The Morgan fingerprint density at radius 1 is 1.14 bits per heavy atom. The first-order valence-corrected chi connectivity index (χ1v) is 9.78. The van der Waals surface area contributed by atoms with Crippen molar-refractivity contribution in [3.63, 3.8) is 0 Å². The monoisotopic (exact) mass is 384 g/mol. The third kappa shape index (κ3) is 5.13. The molecule has 3 rings (SSSR count). The van der Waals surface area contributed by atoms with Gasteiger partial charge in [-0.1, -0.05) is 13.8 Å². The molecule has 28 heavy (non-hydrogen) atoms. The molecule has 0 bridgehead atoms. The Labute approximate surface area is 165 Å². The van der Waals surface area contributed by atoms with Crippen LogP contribution in [0.15, 0.2) is 18.3 Å². The van der Waals surface area contributed by atoms with E-state index in [0.29, 0.717) is 36.2 Å². The van der Waals surface area contributed by atoms with Crippen LogP contribution in [0.25, 0.3) is 0 Å². The van der Waals surface area contributed by atoms with Gasteiger partial charge in [-0.15, -0.1) is 0 Å². The Morgan fingerprint density at radius 3 is 2.64 bits per heavy atom. The summed E-state index contributed by atoms with van der Waals surface area (Å²) in [4.78, 5) is 34.6. The van der Waals surface area contributed by atoms with E-state index in [2.05, 4.69) is 47.4 Å². The highest BCUT2D eigenvalue weighted by molar-refractivity contribution is 5.94. The molecule has 0 atom stereocenters. The average molecular weight is 384 g/mol. The molecule has 1 fully saturated rings. The van der Waals surface area contributed by atoms with Crippen LogP contribution >= 0.6 is 0 Å². The van der Waals surface area contributed by atoms with Crippen LogP contribution in [0.2, 0.25) is 0 Å². The van der Waals surface area contributed by atoms with Gasteiger partial charge in [-0.3, -0.25) is 4.79 Å². The summed E-state index contributed by atoms with van der Waals surface area (Å²) in [5, 5.41) is 6.00. The summed E-state index contributed by atoms with van der Waals surface area (Å²) in [7, 11) is 2.12. The van der Waals surface area contributed by atoms with Gasteiger partial charge in [-0.05, 0) is 25.6 Å². The predicted octanol–water partition coefficient (Wildman–Crippen LogP) is 1.46. The highest BCUT2D eigenvalue weighted by atomic mass is 16.1. The largest absolute Gasteiger partial charge is 0.352 e. The van der Waals surface area contributed by atoms with Gasteiger partial charge in [0, 0.05) is 50.9 Å². The highest BCUT2D eigenvalue weighted by Crippen LogP contribution is 2.17. The summed E-state index contributed by atoms with van der Waals surface area (Å²) in [5.74, 6) is 2.26. The molecule has 1 amide bonds. The fraction of sp³-hybridized carbons (Fsp3) is 0.526. The van der Waals surface area contributed by atoms with Crippen molar-refractivity contribution in [1.29, 1.82) is 0 Å². The number of pyridine rings is 1. The molecule has 0 aromatic carbocycles. The number of hydrogen-bond donors (Lipinski definition) is 2. The number of nitrogens with one attached hydrogen (secondary N) is 2. The van der Waals surface area contributed by atoms with Crippen molar-refractivity contribution in [3.8, 4) is 0 Å². The number of aryl methyl sites for hydroxylation is 1. The smallest absolute Gasteiger partial charge is 0.251 e. The minimum absolute atomic E-state index is 0.115. The molecular formula is C19H28N8O. The van der Waals surface area contributed by atoms with Gasteiger partial charge in [-0.25, -0.2) is 4.98 Å². The average Bonchev–Trinajstić information content (AvgIpc) is 2.72. The molecular weight excluding hydrogens is 356 g/mol. The number of anilines is 3. The van der Waals surface area contributed by atoms with Gasteiger partial charge in [0.05, 0.1) is 0 Å². The lowest BCUT2D eigenvalue weighted by molar-refractivity contribution is 0.0953. The molecule has 2 aromatic heterocycles. The maximum Gasteiger partial charge on any atom is 0.251 e. The maximum atomic E-state index is 12.2. The Bertz CT molecular complexity index is 804. The van der Waals surface area contributed by atoms with Crippen molar-refractivity contribution < 1.29 is 4.79 Å². The van der Waals surface area contributed by atoms with Gasteiger partial charge in [0.2, 0.25) is 11.9 Å². The normalized spacial score (nSPS) is 14.8. The third-order valence-corrected chi connectivity index (χ3v) is 4.57. The molecule has 0 radical (unpaired) electrons. The van der Waals surface area contributed by atoms with Gasteiger partial charge < -0.3 is 20.4 Å². The number of rotatable bonds is 7. The lowest BCUT2D eigenvalue weighted by Gasteiger charge is -2.32. The van der Waals surface area contributed by atoms with Crippen molar-refractivity contribution in [3.05, 3.63) is 29.7 Å². The minimum atomic E-state index is -0.115. The Kier molecular flexibility index (Phi) is 6.70. The molecule has 0 spiro atoms. The van der Waals surface area contributed by atoms with E-state index in [0.717, 1.165) is 38.4 Å². The Morgan fingerprint density at radius 2 is 1.93 bits per heavy atom. The van der Waals surface area contributed by atoms with E-state index >= 15 is 0 Å². The number of amides is 1. The van der Waals surface area contributed by atoms with Crippen molar-refractivity contribution >= 4 is 23.6 Å². The number of likely N-dealkylation sites (N-methyl/N-ethyl adjacent to an activating group) is 1. The lowest BCUT2D eigenvalue weighted by atomic mass is 10.2. The summed E-state index contributed by atoms with van der Waals surface area (Å²) < 4.78 is 0. The quantitative estimate of drug-likeness (QED) is 0.740. The molecule has 0 saturated carbocycles. The molecule has 1 saturated heterocycles. The number of piperazine rings is 1. The zero-order valence-corrected chi connectivity index (χ0v) is 16.8. The molecule has 0 unspecified atom stereocenters. The Balaban J connectivity index is 1.78. The van der Waals surface area contributed by atoms with Crippen molar-refractivity contribution in [2.75, 3.05) is 50.0 Å². The highest BCUT2D eigenvalue weighted by Gasteiger charge is 2.18. The predicted molar refractivity (Wildman–Crippen MR) is 109 cm³/mol. The second-order valence-corrected chi connectivity index (χ2v) is 6.83. The number of nitrogens with zero attached hydrogens (tertiary/aromatic N) is 6. The number of carbonyl (C=O) groups excluding carboxylic acids is 1. The van der Waals surface area contributed by atoms with Crippen LogP contribution in [-0.4, -0.2) is 70.5 Å². The zero-order valence-electron chi connectivity index (χ0n) is 16.8. The summed E-state index contributed by atoms with van der Waals surface area (Å²) >= 11 is 0. The van der Waals surface area contributed by atoms with Gasteiger partial charge in [0.25, 0.3) is 5.91 Å². The second kappa shape index (κ2) is 9.41. The van der Waals surface area contributed by atoms with Gasteiger partial charge in [0.1, 0.15) is 11.6 Å². The first-order valence-electron chi connectivity index (χ1n) is 9.78. The van der Waals surface area contributed by atoms with E-state index in [1.54, 1.807) is 18.3 Å². The van der Waals surface area contributed by atoms with Crippen LogP contribution < -0.4 is 15.5 Å². The van der Waals surface area contributed by atoms with E-state index in [1.807, 2.05) is 13.8 Å². The SMILES string of the molecule is CCCNC(=O)c1ccnc(Nc2nc(CC)nc(N3CCN(C)CC3)n2)c1. The lowest BCUT2D eigenvalue weighted by Crippen LogP contribution is -2.45. The van der Waals surface area contributed by atoms with Crippen molar-refractivity contribution in [2.45, 2.75) is 26.7 Å². The topological polar surface area (TPSA) is 99.2 Å². The van der Waals surface area contributed by atoms with Crippen molar-refractivity contribution in [2.24, 2.45) is 0 Å². The fourth-order valence-corrected chi connectivity index (χ4v) is 2.86. The van der Waals surface area contributed by atoms with Crippen LogP contribution in [0, 0.1) is 0 Å². The fourth-order valence-electron chi connectivity index (χ4n) is 2.86. The molecule has 9 nitrogen and oxygen atoms in total. The van der Waals surface area contributed by atoms with Crippen LogP contribution in [0.5, 0.6) is 0 Å². The van der Waals surface area contributed by atoms with E-state index < -0.39 is 0 Å². The first-order chi connectivity index (χ1) is 13.6. The molecule has 0 aliphatic carbocycles. The van der Waals surface area contributed by atoms with E-state index in [9.17, 15) is 4.79 Å². The standard InChI is InChI=1S/C19H28N8O/c1-4-7-21-17(28)14-6-8-20-16(13-14)23-18-22-15(5-2)24-19(25-18)27-11-9-26(3)10-12-27/h6,8,13H,4-5,7,9-12H2,1-3H3,(H,21,28)(H,20,22,23,24,25). The first kappa shape index (κ1) is 19.9. The van der Waals surface area contributed by atoms with Gasteiger partial charge in [0.15, 0.2) is 0 Å². The number of aromatic nitrogens is 4. The molecule has 2 aromatic rings. The van der Waals surface area contributed by atoms with Crippen LogP contribution in [-0.2, 0) is 6.42 Å². The van der Waals surface area contributed by atoms with Gasteiger partial charge in [-0.2, -0.15) is 15.0 Å². The molecule has 150 valence electrons.